The Hall–Kier alpha value is -0.995. The molecule has 0 amide bonds. The van der Waals surface area contributed by atoms with Gasteiger partial charge in [-0.3, -0.25) is 0 Å². The second-order valence-corrected chi connectivity index (χ2v) is 6.93. The molecule has 1 N–H and O–H groups in total. The smallest absolute Gasteiger partial charge is 0.495 e. The molecule has 0 radical (unpaired) electrons. The zero-order chi connectivity index (χ0) is 14.5. The number of phenolic OH excluding ortho intramolecular Hbond substituents is 1. The van der Waals surface area contributed by atoms with Gasteiger partial charge < -0.3 is 14.4 Å². The summed E-state index contributed by atoms with van der Waals surface area (Å²) in [5.74, 6) is 0.417. The summed E-state index contributed by atoms with van der Waals surface area (Å²) >= 11 is 0. The fourth-order valence-corrected chi connectivity index (χ4v) is 3.07. The maximum absolute atomic E-state index is 10.0. The molecule has 20 heavy (non-hydrogen) atoms. The predicted octanol–water partition coefficient (Wildman–Crippen LogP) is 2.57. The van der Waals surface area contributed by atoms with Gasteiger partial charge >= 0.3 is 7.12 Å². The lowest BCUT2D eigenvalue weighted by atomic mass is 9.71. The molecule has 0 unspecified atom stereocenters. The van der Waals surface area contributed by atoms with Crippen molar-refractivity contribution in [3.63, 3.8) is 0 Å². The van der Waals surface area contributed by atoms with E-state index in [2.05, 4.69) is 27.7 Å². The number of rotatable bonds is 1. The van der Waals surface area contributed by atoms with Gasteiger partial charge in [0, 0.05) is 0 Å². The first-order valence-electron chi connectivity index (χ1n) is 7.51. The first-order chi connectivity index (χ1) is 9.32. The van der Waals surface area contributed by atoms with Crippen LogP contribution >= 0.6 is 0 Å². The Morgan fingerprint density at radius 2 is 1.50 bits per heavy atom. The highest BCUT2D eigenvalue weighted by Crippen LogP contribution is 2.37. The Balaban J connectivity index is 2.00. The van der Waals surface area contributed by atoms with Gasteiger partial charge in [-0.05, 0) is 76.0 Å². The Morgan fingerprint density at radius 3 is 2.10 bits per heavy atom. The van der Waals surface area contributed by atoms with E-state index in [-0.39, 0.29) is 18.3 Å². The van der Waals surface area contributed by atoms with Crippen LogP contribution in [0, 0.1) is 0 Å². The van der Waals surface area contributed by atoms with Crippen LogP contribution in [0.1, 0.15) is 51.7 Å². The molecule has 1 aliphatic carbocycles. The zero-order valence-corrected chi connectivity index (χ0v) is 12.8. The molecule has 0 spiro atoms. The van der Waals surface area contributed by atoms with Crippen molar-refractivity contribution in [3.05, 3.63) is 23.3 Å². The van der Waals surface area contributed by atoms with Gasteiger partial charge in [-0.15, -0.1) is 0 Å². The largest absolute Gasteiger partial charge is 0.508 e. The number of hydrogen-bond donors (Lipinski definition) is 1. The molecule has 1 aliphatic heterocycles. The average molecular weight is 274 g/mol. The normalized spacial score (nSPS) is 23.7. The van der Waals surface area contributed by atoms with Gasteiger partial charge in [0.15, 0.2) is 0 Å². The van der Waals surface area contributed by atoms with E-state index in [1.807, 2.05) is 6.07 Å². The average Bonchev–Trinajstić information content (AvgIpc) is 2.59. The topological polar surface area (TPSA) is 38.7 Å². The summed E-state index contributed by atoms with van der Waals surface area (Å²) in [5, 5.41) is 10.0. The van der Waals surface area contributed by atoms with Gasteiger partial charge in [0.2, 0.25) is 0 Å². The van der Waals surface area contributed by atoms with Crippen molar-refractivity contribution in [1.29, 1.82) is 0 Å². The molecule has 3 rings (SSSR count). The van der Waals surface area contributed by atoms with Crippen molar-refractivity contribution in [2.75, 3.05) is 0 Å². The van der Waals surface area contributed by atoms with E-state index in [0.29, 0.717) is 5.75 Å². The molecule has 1 aromatic carbocycles. The third-order valence-electron chi connectivity index (χ3n) is 5.05. The van der Waals surface area contributed by atoms with Crippen LogP contribution in [0.15, 0.2) is 12.1 Å². The van der Waals surface area contributed by atoms with Crippen LogP contribution in [-0.2, 0) is 22.2 Å². The summed E-state index contributed by atoms with van der Waals surface area (Å²) in [4.78, 5) is 0. The molecule has 0 saturated carbocycles. The van der Waals surface area contributed by atoms with Crippen molar-refractivity contribution < 1.29 is 14.4 Å². The Bertz CT molecular complexity index is 521. The lowest BCUT2D eigenvalue weighted by Crippen LogP contribution is -2.41. The minimum atomic E-state index is -0.326. The molecule has 1 saturated heterocycles. The van der Waals surface area contributed by atoms with E-state index < -0.39 is 0 Å². The van der Waals surface area contributed by atoms with Crippen molar-refractivity contribution in [1.82, 2.24) is 0 Å². The van der Waals surface area contributed by atoms with Crippen molar-refractivity contribution >= 4 is 12.6 Å². The lowest BCUT2D eigenvalue weighted by Gasteiger charge is -2.32. The SMILES string of the molecule is CC1(C)OB(c2ccc(O)c3c2CCCC3)OC1(C)C. The third-order valence-corrected chi connectivity index (χ3v) is 5.05. The Morgan fingerprint density at radius 1 is 0.950 bits per heavy atom. The quantitative estimate of drug-likeness (QED) is 0.800. The molecule has 1 heterocycles. The van der Waals surface area contributed by atoms with Gasteiger partial charge in [-0.1, -0.05) is 6.07 Å². The minimum Gasteiger partial charge on any atom is -0.508 e. The minimum absolute atomic E-state index is 0.322. The van der Waals surface area contributed by atoms with Crippen molar-refractivity contribution in [2.24, 2.45) is 0 Å². The van der Waals surface area contributed by atoms with Gasteiger partial charge in [0.25, 0.3) is 0 Å². The van der Waals surface area contributed by atoms with Gasteiger partial charge in [-0.2, -0.15) is 0 Å². The third kappa shape index (κ3) is 2.06. The highest BCUT2D eigenvalue weighted by Gasteiger charge is 2.52. The Labute approximate surface area is 121 Å². The predicted molar refractivity (Wildman–Crippen MR) is 80.5 cm³/mol. The zero-order valence-electron chi connectivity index (χ0n) is 12.8. The molecular formula is C16H23BO3. The highest BCUT2D eigenvalue weighted by molar-refractivity contribution is 6.62. The van der Waals surface area contributed by atoms with Crippen LogP contribution in [0.5, 0.6) is 5.75 Å². The first-order valence-corrected chi connectivity index (χ1v) is 7.51. The monoisotopic (exact) mass is 274 g/mol. The standard InChI is InChI=1S/C16H23BO3/c1-15(2)16(3,4)20-17(19-15)13-9-10-14(18)12-8-6-5-7-11(12)13/h9-10,18H,5-8H2,1-4H3. The summed E-state index contributed by atoms with van der Waals surface area (Å²) in [6, 6.07) is 3.74. The van der Waals surface area contributed by atoms with Gasteiger partial charge in [-0.25, -0.2) is 0 Å². The van der Waals surface area contributed by atoms with Crippen LogP contribution in [0.2, 0.25) is 0 Å². The molecule has 0 atom stereocenters. The van der Waals surface area contributed by atoms with Crippen molar-refractivity contribution in [3.8, 4) is 5.75 Å². The lowest BCUT2D eigenvalue weighted by molar-refractivity contribution is 0.00578. The number of hydrogen-bond acceptors (Lipinski definition) is 3. The number of aromatic hydroxyl groups is 1. The van der Waals surface area contributed by atoms with Crippen LogP contribution in [-0.4, -0.2) is 23.4 Å². The fourth-order valence-electron chi connectivity index (χ4n) is 3.07. The summed E-state index contributed by atoms with van der Waals surface area (Å²) in [6.45, 7) is 8.28. The number of benzene rings is 1. The maximum Gasteiger partial charge on any atom is 0.495 e. The molecule has 1 fully saturated rings. The van der Waals surface area contributed by atoms with E-state index in [0.717, 1.165) is 30.3 Å². The van der Waals surface area contributed by atoms with E-state index in [1.165, 1.54) is 12.0 Å². The molecule has 1 aromatic rings. The van der Waals surface area contributed by atoms with Crippen LogP contribution in [0.3, 0.4) is 0 Å². The van der Waals surface area contributed by atoms with Crippen LogP contribution in [0.25, 0.3) is 0 Å². The Kier molecular flexibility index (Phi) is 3.14. The number of phenols is 1. The first kappa shape index (κ1) is 14.0. The van der Waals surface area contributed by atoms with E-state index >= 15 is 0 Å². The van der Waals surface area contributed by atoms with Gasteiger partial charge in [0.05, 0.1) is 11.2 Å². The van der Waals surface area contributed by atoms with E-state index in [4.69, 9.17) is 9.31 Å². The fraction of sp³-hybridized carbons (Fsp3) is 0.625. The van der Waals surface area contributed by atoms with Crippen LogP contribution < -0.4 is 5.46 Å². The molecule has 2 aliphatic rings. The molecule has 4 heteroatoms. The summed E-state index contributed by atoms with van der Waals surface area (Å²) in [5.41, 5.74) is 2.77. The van der Waals surface area contributed by atoms with Crippen LogP contribution in [0.4, 0.5) is 0 Å². The molecule has 3 nitrogen and oxygen atoms in total. The maximum atomic E-state index is 10.0. The number of fused-ring (bicyclic) bond motifs is 1. The van der Waals surface area contributed by atoms with E-state index in [1.54, 1.807) is 6.07 Å². The molecule has 108 valence electrons. The summed E-state index contributed by atoms with van der Waals surface area (Å²) < 4.78 is 12.3. The van der Waals surface area contributed by atoms with Gasteiger partial charge in [0.1, 0.15) is 5.75 Å². The van der Waals surface area contributed by atoms with Crippen molar-refractivity contribution in [2.45, 2.75) is 64.6 Å². The summed E-state index contributed by atoms with van der Waals surface area (Å²) in [6.07, 6.45) is 4.27. The molecule has 0 aromatic heterocycles. The van der Waals surface area contributed by atoms with E-state index in [9.17, 15) is 5.11 Å². The second-order valence-electron chi connectivity index (χ2n) is 6.93. The summed E-state index contributed by atoms with van der Waals surface area (Å²) in [7, 11) is -0.326. The molecular weight excluding hydrogens is 251 g/mol. The molecule has 0 bridgehead atoms. The second kappa shape index (κ2) is 4.50. The highest BCUT2D eigenvalue weighted by atomic mass is 16.7.